The first-order valence-electron chi connectivity index (χ1n) is 7.97. The number of hydrogen-bond donors (Lipinski definition) is 2. The number of benzene rings is 1. The Bertz CT molecular complexity index is 509. The summed E-state index contributed by atoms with van der Waals surface area (Å²) in [4.78, 5) is 6.44. The van der Waals surface area contributed by atoms with Gasteiger partial charge in [-0.2, -0.15) is 0 Å². The summed E-state index contributed by atoms with van der Waals surface area (Å²) in [6, 6.07) is 5.86. The van der Waals surface area contributed by atoms with E-state index in [1.165, 1.54) is 0 Å². The van der Waals surface area contributed by atoms with Gasteiger partial charge in [0, 0.05) is 40.3 Å². The van der Waals surface area contributed by atoms with Gasteiger partial charge in [-0.25, -0.2) is 0 Å². The van der Waals surface area contributed by atoms with Crippen molar-refractivity contribution in [3.05, 3.63) is 23.8 Å². The third-order valence-electron chi connectivity index (χ3n) is 3.59. The molecule has 0 aliphatic heterocycles. The predicted molar refractivity (Wildman–Crippen MR) is 97.1 cm³/mol. The lowest BCUT2D eigenvalue weighted by Gasteiger charge is -2.18. The van der Waals surface area contributed by atoms with Crippen molar-refractivity contribution in [3.8, 4) is 11.5 Å². The molecule has 1 aromatic carbocycles. The molecule has 0 radical (unpaired) electrons. The van der Waals surface area contributed by atoms with Gasteiger partial charge in [-0.1, -0.05) is 6.07 Å². The van der Waals surface area contributed by atoms with E-state index in [9.17, 15) is 0 Å². The predicted octanol–water partition coefficient (Wildman–Crippen LogP) is 0.947. The fraction of sp³-hybridized carbons (Fsp3) is 0.588. The standard InChI is InChI=1S/C17H30N4O3/c1-18-17(19-8-9-21(2)10-11-22-3)20-13-14-6-7-15(23-4)16(12-14)24-5/h6-7,12H,8-11,13H2,1-5H3,(H2,18,19,20). The highest BCUT2D eigenvalue weighted by Gasteiger charge is 2.05. The zero-order valence-electron chi connectivity index (χ0n) is 15.4. The van der Waals surface area contributed by atoms with Gasteiger partial charge in [0.2, 0.25) is 0 Å². The van der Waals surface area contributed by atoms with Crippen molar-refractivity contribution in [1.29, 1.82) is 0 Å². The topological polar surface area (TPSA) is 67.4 Å². The van der Waals surface area contributed by atoms with Crippen LogP contribution in [0.1, 0.15) is 5.56 Å². The fourth-order valence-electron chi connectivity index (χ4n) is 2.12. The highest BCUT2D eigenvalue weighted by molar-refractivity contribution is 5.79. The monoisotopic (exact) mass is 338 g/mol. The van der Waals surface area contributed by atoms with Crippen molar-refractivity contribution in [1.82, 2.24) is 15.5 Å². The maximum absolute atomic E-state index is 5.32. The summed E-state index contributed by atoms with van der Waals surface area (Å²) in [5.41, 5.74) is 1.09. The van der Waals surface area contributed by atoms with Crippen LogP contribution in [0.5, 0.6) is 11.5 Å². The molecule has 0 unspecified atom stereocenters. The maximum atomic E-state index is 5.32. The van der Waals surface area contributed by atoms with E-state index in [-0.39, 0.29) is 0 Å². The van der Waals surface area contributed by atoms with E-state index in [1.54, 1.807) is 28.4 Å². The molecule has 0 spiro atoms. The highest BCUT2D eigenvalue weighted by atomic mass is 16.5. The van der Waals surface area contributed by atoms with Crippen LogP contribution in [0.2, 0.25) is 0 Å². The van der Waals surface area contributed by atoms with Gasteiger partial charge in [0.1, 0.15) is 0 Å². The Kier molecular flexibility index (Phi) is 9.64. The number of methoxy groups -OCH3 is 3. The Labute approximate surface area is 145 Å². The van der Waals surface area contributed by atoms with E-state index in [0.29, 0.717) is 6.54 Å². The smallest absolute Gasteiger partial charge is 0.191 e. The van der Waals surface area contributed by atoms with Gasteiger partial charge in [0.05, 0.1) is 20.8 Å². The van der Waals surface area contributed by atoms with Crippen LogP contribution < -0.4 is 20.1 Å². The molecular weight excluding hydrogens is 308 g/mol. The van der Waals surface area contributed by atoms with Crippen molar-refractivity contribution in [2.45, 2.75) is 6.54 Å². The molecule has 0 atom stereocenters. The van der Waals surface area contributed by atoms with Crippen molar-refractivity contribution in [2.24, 2.45) is 4.99 Å². The third-order valence-corrected chi connectivity index (χ3v) is 3.59. The SMILES string of the molecule is CN=C(NCCN(C)CCOC)NCc1ccc(OC)c(OC)c1. The van der Waals surface area contributed by atoms with E-state index >= 15 is 0 Å². The Balaban J connectivity index is 2.41. The molecule has 7 heteroatoms. The summed E-state index contributed by atoms with van der Waals surface area (Å²) in [7, 11) is 8.81. The molecule has 0 heterocycles. The summed E-state index contributed by atoms with van der Waals surface area (Å²) >= 11 is 0. The van der Waals surface area contributed by atoms with Crippen LogP contribution >= 0.6 is 0 Å². The number of rotatable bonds is 10. The molecular formula is C17H30N4O3. The van der Waals surface area contributed by atoms with Gasteiger partial charge >= 0.3 is 0 Å². The second-order valence-electron chi connectivity index (χ2n) is 5.34. The lowest BCUT2D eigenvalue weighted by Crippen LogP contribution is -2.41. The van der Waals surface area contributed by atoms with Gasteiger partial charge in [-0.05, 0) is 24.7 Å². The summed E-state index contributed by atoms with van der Waals surface area (Å²) in [5, 5.41) is 6.59. The Hall–Kier alpha value is -1.99. The second kappa shape index (κ2) is 11.5. The molecule has 7 nitrogen and oxygen atoms in total. The molecule has 0 fully saturated rings. The number of ether oxygens (including phenoxy) is 3. The van der Waals surface area contributed by atoms with Crippen molar-refractivity contribution < 1.29 is 14.2 Å². The van der Waals surface area contributed by atoms with Gasteiger partial charge in [0.15, 0.2) is 17.5 Å². The summed E-state index contributed by atoms with van der Waals surface area (Å²) in [6.07, 6.45) is 0. The second-order valence-corrected chi connectivity index (χ2v) is 5.34. The molecule has 0 aliphatic rings. The van der Waals surface area contributed by atoms with Crippen LogP contribution in [0.3, 0.4) is 0 Å². The van der Waals surface area contributed by atoms with Gasteiger partial charge in [-0.3, -0.25) is 4.99 Å². The minimum Gasteiger partial charge on any atom is -0.493 e. The van der Waals surface area contributed by atoms with E-state index in [4.69, 9.17) is 14.2 Å². The molecule has 2 N–H and O–H groups in total. The van der Waals surface area contributed by atoms with Gasteiger partial charge < -0.3 is 29.7 Å². The van der Waals surface area contributed by atoms with Crippen LogP contribution in [0.25, 0.3) is 0 Å². The zero-order valence-corrected chi connectivity index (χ0v) is 15.4. The quantitative estimate of drug-likeness (QED) is 0.489. The van der Waals surface area contributed by atoms with Crippen molar-refractivity contribution >= 4 is 5.96 Å². The van der Waals surface area contributed by atoms with Gasteiger partial charge in [0.25, 0.3) is 0 Å². The number of nitrogens with one attached hydrogen (secondary N) is 2. The molecule has 136 valence electrons. The molecule has 1 aromatic rings. The van der Waals surface area contributed by atoms with E-state index < -0.39 is 0 Å². The van der Waals surface area contributed by atoms with Crippen LogP contribution in [-0.2, 0) is 11.3 Å². The number of nitrogens with zero attached hydrogens (tertiary/aromatic N) is 2. The molecule has 0 saturated carbocycles. The minimum absolute atomic E-state index is 0.652. The lowest BCUT2D eigenvalue weighted by molar-refractivity contribution is 0.162. The fourth-order valence-corrected chi connectivity index (χ4v) is 2.12. The molecule has 0 aliphatic carbocycles. The first-order valence-corrected chi connectivity index (χ1v) is 7.97. The molecule has 0 bridgehead atoms. The number of likely N-dealkylation sites (N-methyl/N-ethyl adjacent to an activating group) is 1. The van der Waals surface area contributed by atoms with Crippen molar-refractivity contribution in [2.75, 3.05) is 61.7 Å². The third kappa shape index (κ3) is 7.06. The van der Waals surface area contributed by atoms with E-state index in [1.807, 2.05) is 18.2 Å². The molecule has 0 aromatic heterocycles. The number of guanidine groups is 1. The van der Waals surface area contributed by atoms with E-state index in [0.717, 1.165) is 49.3 Å². The highest BCUT2D eigenvalue weighted by Crippen LogP contribution is 2.27. The normalized spacial score (nSPS) is 11.5. The average molecular weight is 338 g/mol. The molecule has 0 saturated heterocycles. The summed E-state index contributed by atoms with van der Waals surface area (Å²) in [5.74, 6) is 2.22. The van der Waals surface area contributed by atoms with Crippen LogP contribution in [0.4, 0.5) is 0 Å². The van der Waals surface area contributed by atoms with Crippen LogP contribution in [0, 0.1) is 0 Å². The maximum Gasteiger partial charge on any atom is 0.191 e. The van der Waals surface area contributed by atoms with Crippen molar-refractivity contribution in [3.63, 3.8) is 0 Å². The number of aliphatic imine (C=N–C) groups is 1. The Morgan fingerprint density at radius 3 is 2.46 bits per heavy atom. The van der Waals surface area contributed by atoms with E-state index in [2.05, 4.69) is 27.6 Å². The first kappa shape index (κ1) is 20.1. The van der Waals surface area contributed by atoms with Gasteiger partial charge in [-0.15, -0.1) is 0 Å². The average Bonchev–Trinajstić information content (AvgIpc) is 2.62. The largest absolute Gasteiger partial charge is 0.493 e. The first-order chi connectivity index (χ1) is 11.6. The lowest BCUT2D eigenvalue weighted by atomic mass is 10.2. The summed E-state index contributed by atoms with van der Waals surface area (Å²) in [6.45, 7) is 4.03. The zero-order chi connectivity index (χ0) is 17.8. The number of hydrogen-bond acceptors (Lipinski definition) is 5. The van der Waals surface area contributed by atoms with Crippen LogP contribution in [0.15, 0.2) is 23.2 Å². The molecule has 1 rings (SSSR count). The molecule has 0 amide bonds. The summed E-state index contributed by atoms with van der Waals surface area (Å²) < 4.78 is 15.6. The Morgan fingerprint density at radius 2 is 1.83 bits per heavy atom. The Morgan fingerprint density at radius 1 is 1.08 bits per heavy atom. The van der Waals surface area contributed by atoms with Crippen LogP contribution in [-0.4, -0.2) is 72.5 Å². The molecule has 24 heavy (non-hydrogen) atoms. The minimum atomic E-state index is 0.652.